The van der Waals surface area contributed by atoms with Crippen LogP contribution in [0.3, 0.4) is 0 Å². The topological polar surface area (TPSA) is 72.7 Å². The Morgan fingerprint density at radius 1 is 1.20 bits per heavy atom. The third-order valence-corrected chi connectivity index (χ3v) is 4.62. The highest BCUT2D eigenvalue weighted by molar-refractivity contribution is 5.95. The van der Waals surface area contributed by atoms with E-state index in [4.69, 9.17) is 0 Å². The van der Waals surface area contributed by atoms with Gasteiger partial charge in [0.1, 0.15) is 18.5 Å². The van der Waals surface area contributed by atoms with E-state index in [9.17, 15) is 9.18 Å². The summed E-state index contributed by atoms with van der Waals surface area (Å²) in [7, 11) is 0. The van der Waals surface area contributed by atoms with Gasteiger partial charge in [-0.25, -0.2) is 19.0 Å². The zero-order valence-electron chi connectivity index (χ0n) is 13.4. The van der Waals surface area contributed by atoms with Crippen molar-refractivity contribution in [3.05, 3.63) is 72.2 Å². The maximum Gasteiger partial charge on any atom is 0.252 e. The maximum atomic E-state index is 13.2. The van der Waals surface area contributed by atoms with E-state index in [0.717, 1.165) is 24.8 Å². The minimum Gasteiger partial charge on any atom is -0.343 e. The Bertz CT molecular complexity index is 888. The van der Waals surface area contributed by atoms with E-state index in [1.807, 2.05) is 0 Å². The summed E-state index contributed by atoms with van der Waals surface area (Å²) in [5.74, 6) is 0.0542. The number of rotatable bonds is 4. The summed E-state index contributed by atoms with van der Waals surface area (Å²) in [6.45, 7) is 0. The summed E-state index contributed by atoms with van der Waals surface area (Å²) in [6.07, 6.45) is 7.20. The Kier molecular flexibility index (Phi) is 3.76. The van der Waals surface area contributed by atoms with Crippen molar-refractivity contribution >= 4 is 5.91 Å². The Labute approximate surface area is 143 Å². The van der Waals surface area contributed by atoms with Crippen LogP contribution in [0.1, 0.15) is 35.2 Å². The molecule has 0 aliphatic heterocycles. The number of amides is 1. The Balaban J connectivity index is 1.59. The third kappa shape index (κ3) is 2.88. The first-order chi connectivity index (χ1) is 12.2. The number of aromatic nitrogens is 4. The van der Waals surface area contributed by atoms with Crippen molar-refractivity contribution in [1.29, 1.82) is 0 Å². The lowest BCUT2D eigenvalue weighted by atomic mass is 9.71. The molecule has 1 aromatic carbocycles. The monoisotopic (exact) mass is 337 g/mol. The van der Waals surface area contributed by atoms with Crippen molar-refractivity contribution in [2.45, 2.75) is 24.8 Å². The fraction of sp³-hybridized carbons (Fsp3) is 0.222. The number of hydrogen-bond donors (Lipinski definition) is 1. The van der Waals surface area contributed by atoms with Crippen LogP contribution in [0, 0.1) is 5.82 Å². The molecule has 1 aliphatic carbocycles. The fourth-order valence-electron chi connectivity index (χ4n) is 3.09. The standard InChI is InChI=1S/C18H16FN5O/c19-15-4-2-14(3-5-15)18(7-1-8-18)23-17(25)13-6-9-21-16(10-13)24-12-20-11-22-24/h2-6,9-12H,1,7-8H2,(H,23,25). The van der Waals surface area contributed by atoms with Crippen LogP contribution in [-0.4, -0.2) is 25.7 Å². The van der Waals surface area contributed by atoms with Gasteiger partial charge in [-0.15, -0.1) is 0 Å². The van der Waals surface area contributed by atoms with E-state index >= 15 is 0 Å². The molecule has 2 heterocycles. The zero-order chi connectivity index (χ0) is 17.3. The highest BCUT2D eigenvalue weighted by atomic mass is 19.1. The van der Waals surface area contributed by atoms with E-state index in [0.29, 0.717) is 11.4 Å². The molecule has 1 aliphatic rings. The largest absolute Gasteiger partial charge is 0.343 e. The Hall–Kier alpha value is -3.09. The summed E-state index contributed by atoms with van der Waals surface area (Å²) < 4.78 is 14.7. The molecule has 7 heteroatoms. The zero-order valence-corrected chi connectivity index (χ0v) is 13.4. The SMILES string of the molecule is O=C(NC1(c2ccc(F)cc2)CCC1)c1ccnc(-n2cncn2)c1. The quantitative estimate of drug-likeness (QED) is 0.794. The molecule has 25 heavy (non-hydrogen) atoms. The lowest BCUT2D eigenvalue weighted by molar-refractivity contribution is 0.0823. The van der Waals surface area contributed by atoms with Gasteiger partial charge in [0.05, 0.1) is 5.54 Å². The van der Waals surface area contributed by atoms with Crippen molar-refractivity contribution in [2.24, 2.45) is 0 Å². The van der Waals surface area contributed by atoms with Crippen LogP contribution in [0.2, 0.25) is 0 Å². The molecular formula is C18H16FN5O. The summed E-state index contributed by atoms with van der Waals surface area (Å²) in [6, 6.07) is 9.66. The molecule has 0 radical (unpaired) electrons. The van der Waals surface area contributed by atoms with Crippen molar-refractivity contribution in [1.82, 2.24) is 25.1 Å². The molecule has 1 fully saturated rings. The average molecular weight is 337 g/mol. The molecule has 3 aromatic rings. The van der Waals surface area contributed by atoms with Gasteiger partial charge < -0.3 is 5.32 Å². The van der Waals surface area contributed by atoms with Gasteiger partial charge in [-0.05, 0) is 49.1 Å². The number of pyridine rings is 1. The molecule has 1 amide bonds. The summed E-state index contributed by atoms with van der Waals surface area (Å²) in [5.41, 5.74) is 0.995. The van der Waals surface area contributed by atoms with Crippen LogP contribution in [-0.2, 0) is 5.54 Å². The van der Waals surface area contributed by atoms with Crippen LogP contribution in [0.25, 0.3) is 5.82 Å². The fourth-order valence-corrected chi connectivity index (χ4v) is 3.09. The Morgan fingerprint density at radius 3 is 2.64 bits per heavy atom. The predicted octanol–water partition coefficient (Wildman–Crippen LogP) is 2.61. The van der Waals surface area contributed by atoms with Crippen molar-refractivity contribution in [3.63, 3.8) is 0 Å². The number of carbonyl (C=O) groups is 1. The molecule has 1 N–H and O–H groups in total. The number of nitrogens with one attached hydrogen (secondary N) is 1. The lowest BCUT2D eigenvalue weighted by Gasteiger charge is -2.43. The van der Waals surface area contributed by atoms with Crippen LogP contribution < -0.4 is 5.32 Å². The highest BCUT2D eigenvalue weighted by Gasteiger charge is 2.40. The Morgan fingerprint density at radius 2 is 2.00 bits per heavy atom. The molecular weight excluding hydrogens is 321 g/mol. The number of carbonyl (C=O) groups excluding carboxylic acids is 1. The second kappa shape index (κ2) is 6.08. The normalized spacial score (nSPS) is 15.4. The first kappa shape index (κ1) is 15.4. The second-order valence-electron chi connectivity index (χ2n) is 6.14. The third-order valence-electron chi connectivity index (χ3n) is 4.62. The molecule has 0 bridgehead atoms. The van der Waals surface area contributed by atoms with Crippen LogP contribution >= 0.6 is 0 Å². The molecule has 0 atom stereocenters. The van der Waals surface area contributed by atoms with Gasteiger partial charge in [-0.1, -0.05) is 12.1 Å². The highest BCUT2D eigenvalue weighted by Crippen LogP contribution is 2.41. The number of benzene rings is 1. The van der Waals surface area contributed by atoms with Gasteiger partial charge in [0.15, 0.2) is 5.82 Å². The maximum absolute atomic E-state index is 13.2. The van der Waals surface area contributed by atoms with Gasteiger partial charge in [0.25, 0.3) is 5.91 Å². The lowest BCUT2D eigenvalue weighted by Crippen LogP contribution is -2.50. The number of hydrogen-bond acceptors (Lipinski definition) is 4. The summed E-state index contributed by atoms with van der Waals surface area (Å²) in [5, 5.41) is 7.14. The summed E-state index contributed by atoms with van der Waals surface area (Å²) >= 11 is 0. The number of halogens is 1. The molecule has 0 unspecified atom stereocenters. The van der Waals surface area contributed by atoms with Crippen molar-refractivity contribution in [2.75, 3.05) is 0 Å². The molecule has 1 saturated carbocycles. The van der Waals surface area contributed by atoms with Gasteiger partial charge in [-0.3, -0.25) is 4.79 Å². The smallest absolute Gasteiger partial charge is 0.252 e. The van der Waals surface area contributed by atoms with Gasteiger partial charge in [0, 0.05) is 11.8 Å². The van der Waals surface area contributed by atoms with Gasteiger partial charge >= 0.3 is 0 Å². The van der Waals surface area contributed by atoms with Gasteiger partial charge in [0.2, 0.25) is 0 Å². The van der Waals surface area contributed by atoms with Gasteiger partial charge in [-0.2, -0.15) is 5.10 Å². The second-order valence-corrected chi connectivity index (χ2v) is 6.14. The van der Waals surface area contributed by atoms with E-state index in [1.165, 1.54) is 29.5 Å². The van der Waals surface area contributed by atoms with Crippen LogP contribution in [0.15, 0.2) is 55.2 Å². The minimum atomic E-state index is -0.429. The first-order valence-electron chi connectivity index (χ1n) is 8.06. The van der Waals surface area contributed by atoms with Crippen LogP contribution in [0.4, 0.5) is 4.39 Å². The van der Waals surface area contributed by atoms with E-state index in [2.05, 4.69) is 20.4 Å². The molecule has 0 saturated heterocycles. The molecule has 6 nitrogen and oxygen atoms in total. The predicted molar refractivity (Wildman–Crippen MR) is 88.5 cm³/mol. The average Bonchev–Trinajstić information content (AvgIpc) is 3.14. The molecule has 2 aromatic heterocycles. The van der Waals surface area contributed by atoms with E-state index in [1.54, 1.807) is 30.5 Å². The molecule has 0 spiro atoms. The minimum absolute atomic E-state index is 0.187. The summed E-state index contributed by atoms with van der Waals surface area (Å²) in [4.78, 5) is 20.8. The van der Waals surface area contributed by atoms with E-state index < -0.39 is 5.54 Å². The molecule has 126 valence electrons. The van der Waals surface area contributed by atoms with Crippen molar-refractivity contribution < 1.29 is 9.18 Å². The van der Waals surface area contributed by atoms with E-state index in [-0.39, 0.29) is 11.7 Å². The molecule has 4 rings (SSSR count). The number of nitrogens with zero attached hydrogens (tertiary/aromatic N) is 4. The van der Waals surface area contributed by atoms with Crippen molar-refractivity contribution in [3.8, 4) is 5.82 Å². The van der Waals surface area contributed by atoms with Crippen LogP contribution in [0.5, 0.6) is 0 Å². The first-order valence-corrected chi connectivity index (χ1v) is 8.06.